The zero-order valence-electron chi connectivity index (χ0n) is 10.2. The minimum Gasteiger partial charge on any atom is -0.481 e. The molecule has 5 heteroatoms. The molecule has 0 aromatic rings. The predicted molar refractivity (Wildman–Crippen MR) is 66.7 cm³/mol. The Balaban J connectivity index is 4.06. The molecule has 1 N–H and O–H groups in total. The highest BCUT2D eigenvalue weighted by Gasteiger charge is 2.18. The molecule has 0 aliphatic carbocycles. The highest BCUT2D eigenvalue weighted by molar-refractivity contribution is 7.99. The molecular weight excluding hydrogens is 226 g/mol. The van der Waals surface area contributed by atoms with Gasteiger partial charge in [-0.2, -0.15) is 11.8 Å². The number of carbonyl (C=O) groups excluding carboxylic acids is 1. The minimum absolute atomic E-state index is 0.0524. The Labute approximate surface area is 101 Å². The van der Waals surface area contributed by atoms with E-state index in [0.29, 0.717) is 19.5 Å². The predicted octanol–water partition coefficient (Wildman–Crippen LogP) is 1.70. The Kier molecular flexibility index (Phi) is 8.07. The van der Waals surface area contributed by atoms with Gasteiger partial charge < -0.3 is 10.0 Å². The van der Waals surface area contributed by atoms with Gasteiger partial charge >= 0.3 is 5.97 Å². The maximum absolute atomic E-state index is 11.7. The van der Waals surface area contributed by atoms with Gasteiger partial charge in [-0.15, -0.1) is 0 Å². The van der Waals surface area contributed by atoms with Crippen molar-refractivity contribution in [3.63, 3.8) is 0 Å². The fourth-order valence-electron chi connectivity index (χ4n) is 1.28. The first-order valence-electron chi connectivity index (χ1n) is 5.61. The molecule has 94 valence electrons. The lowest BCUT2D eigenvalue weighted by atomic mass is 10.1. The van der Waals surface area contributed by atoms with Crippen LogP contribution in [0.3, 0.4) is 0 Å². The van der Waals surface area contributed by atoms with Crippen LogP contribution >= 0.6 is 11.8 Å². The van der Waals surface area contributed by atoms with Crippen molar-refractivity contribution in [1.82, 2.24) is 4.90 Å². The first-order chi connectivity index (χ1) is 7.52. The molecule has 0 bridgehead atoms. The molecule has 0 aromatic heterocycles. The minimum atomic E-state index is -0.853. The van der Waals surface area contributed by atoms with Crippen LogP contribution in [0.1, 0.15) is 27.2 Å². The Morgan fingerprint density at radius 1 is 1.38 bits per heavy atom. The van der Waals surface area contributed by atoms with Crippen LogP contribution in [0.5, 0.6) is 0 Å². The normalized spacial score (nSPS) is 12.2. The van der Waals surface area contributed by atoms with Crippen LogP contribution in [0, 0.1) is 5.92 Å². The summed E-state index contributed by atoms with van der Waals surface area (Å²) in [5, 5.41) is 8.78. The van der Waals surface area contributed by atoms with Crippen LogP contribution in [0.25, 0.3) is 0 Å². The van der Waals surface area contributed by atoms with E-state index in [2.05, 4.69) is 6.92 Å². The standard InChI is InChI=1S/C11H21NO3S/c1-4-12(8-9(3)11(14)15)10(13)6-7-16-5-2/h9H,4-8H2,1-3H3,(H,14,15). The van der Waals surface area contributed by atoms with E-state index in [1.165, 1.54) is 0 Å². The lowest BCUT2D eigenvalue weighted by molar-refractivity contribution is -0.143. The maximum atomic E-state index is 11.7. The lowest BCUT2D eigenvalue weighted by Gasteiger charge is -2.22. The van der Waals surface area contributed by atoms with E-state index in [1.54, 1.807) is 23.6 Å². The van der Waals surface area contributed by atoms with Crippen molar-refractivity contribution in [3.05, 3.63) is 0 Å². The molecule has 16 heavy (non-hydrogen) atoms. The van der Waals surface area contributed by atoms with Crippen LogP contribution in [-0.4, -0.2) is 46.5 Å². The van der Waals surface area contributed by atoms with E-state index in [-0.39, 0.29) is 5.91 Å². The number of aliphatic carboxylic acids is 1. The molecule has 0 aliphatic rings. The summed E-state index contributed by atoms with van der Waals surface area (Å²) >= 11 is 1.73. The van der Waals surface area contributed by atoms with Gasteiger partial charge in [0.05, 0.1) is 5.92 Å². The van der Waals surface area contributed by atoms with Gasteiger partial charge in [-0.25, -0.2) is 0 Å². The average molecular weight is 247 g/mol. The van der Waals surface area contributed by atoms with Gasteiger partial charge in [0.25, 0.3) is 0 Å². The van der Waals surface area contributed by atoms with Crippen molar-refractivity contribution in [2.45, 2.75) is 27.2 Å². The SMILES string of the molecule is CCSCCC(=O)N(CC)CC(C)C(=O)O. The number of hydrogen-bond donors (Lipinski definition) is 1. The van der Waals surface area contributed by atoms with Crippen molar-refractivity contribution >= 4 is 23.6 Å². The van der Waals surface area contributed by atoms with Gasteiger partial charge in [0.15, 0.2) is 0 Å². The van der Waals surface area contributed by atoms with Crippen molar-refractivity contribution < 1.29 is 14.7 Å². The Bertz CT molecular complexity index is 233. The number of hydrogen-bond acceptors (Lipinski definition) is 3. The first kappa shape index (κ1) is 15.3. The average Bonchev–Trinajstić information content (AvgIpc) is 2.25. The molecule has 0 fully saturated rings. The highest BCUT2D eigenvalue weighted by Crippen LogP contribution is 2.06. The summed E-state index contributed by atoms with van der Waals surface area (Å²) < 4.78 is 0. The third kappa shape index (κ3) is 6.00. The second kappa shape index (κ2) is 8.44. The second-order valence-corrected chi connectivity index (χ2v) is 5.01. The van der Waals surface area contributed by atoms with Crippen LogP contribution < -0.4 is 0 Å². The van der Waals surface area contributed by atoms with Crippen molar-refractivity contribution in [2.24, 2.45) is 5.92 Å². The summed E-state index contributed by atoms with van der Waals surface area (Å²) in [5.41, 5.74) is 0. The molecule has 1 unspecified atom stereocenters. The molecule has 0 aliphatic heterocycles. The first-order valence-corrected chi connectivity index (χ1v) is 6.76. The lowest BCUT2D eigenvalue weighted by Crippen LogP contribution is -2.36. The summed E-state index contributed by atoms with van der Waals surface area (Å²) in [7, 11) is 0. The topological polar surface area (TPSA) is 57.6 Å². The molecular formula is C11H21NO3S. The number of amides is 1. The number of carboxylic acids is 1. The van der Waals surface area contributed by atoms with Crippen LogP contribution in [0.4, 0.5) is 0 Å². The summed E-state index contributed by atoms with van der Waals surface area (Å²) in [4.78, 5) is 24.0. The van der Waals surface area contributed by atoms with Crippen molar-refractivity contribution in [1.29, 1.82) is 0 Å². The third-order valence-corrected chi connectivity index (χ3v) is 3.22. The monoisotopic (exact) mass is 247 g/mol. The van der Waals surface area contributed by atoms with E-state index in [0.717, 1.165) is 11.5 Å². The maximum Gasteiger partial charge on any atom is 0.308 e. The number of carbonyl (C=O) groups is 2. The fourth-order valence-corrected chi connectivity index (χ4v) is 1.89. The van der Waals surface area contributed by atoms with E-state index in [1.807, 2.05) is 6.92 Å². The van der Waals surface area contributed by atoms with E-state index in [9.17, 15) is 9.59 Å². The largest absolute Gasteiger partial charge is 0.481 e. The fraction of sp³-hybridized carbons (Fsp3) is 0.818. The molecule has 1 amide bonds. The van der Waals surface area contributed by atoms with E-state index < -0.39 is 11.9 Å². The van der Waals surface area contributed by atoms with Gasteiger partial charge in [-0.1, -0.05) is 13.8 Å². The molecule has 0 radical (unpaired) electrons. The molecule has 4 nitrogen and oxygen atoms in total. The van der Waals surface area contributed by atoms with E-state index in [4.69, 9.17) is 5.11 Å². The van der Waals surface area contributed by atoms with Gasteiger partial charge in [-0.3, -0.25) is 9.59 Å². The summed E-state index contributed by atoms with van der Waals surface area (Å²) in [6.45, 7) is 6.44. The molecule has 0 heterocycles. The second-order valence-electron chi connectivity index (χ2n) is 3.62. The van der Waals surface area contributed by atoms with Gasteiger partial charge in [0.1, 0.15) is 0 Å². The third-order valence-electron chi connectivity index (χ3n) is 2.31. The van der Waals surface area contributed by atoms with Crippen molar-refractivity contribution in [2.75, 3.05) is 24.6 Å². The highest BCUT2D eigenvalue weighted by atomic mass is 32.2. The molecule has 0 saturated carbocycles. The zero-order valence-corrected chi connectivity index (χ0v) is 11.0. The number of nitrogens with zero attached hydrogens (tertiary/aromatic N) is 1. The number of thioether (sulfide) groups is 1. The molecule has 0 spiro atoms. The van der Waals surface area contributed by atoms with Crippen LogP contribution in [-0.2, 0) is 9.59 Å². The van der Waals surface area contributed by atoms with Gasteiger partial charge in [0, 0.05) is 25.3 Å². The van der Waals surface area contributed by atoms with E-state index >= 15 is 0 Å². The van der Waals surface area contributed by atoms with Gasteiger partial charge in [-0.05, 0) is 12.7 Å². The Morgan fingerprint density at radius 3 is 2.44 bits per heavy atom. The van der Waals surface area contributed by atoms with Gasteiger partial charge in [0.2, 0.25) is 5.91 Å². The molecule has 0 aromatic carbocycles. The quantitative estimate of drug-likeness (QED) is 0.663. The Hall–Kier alpha value is -0.710. The molecule has 0 rings (SSSR count). The molecule has 1 atom stereocenters. The smallest absolute Gasteiger partial charge is 0.308 e. The van der Waals surface area contributed by atoms with Crippen LogP contribution in [0.2, 0.25) is 0 Å². The summed E-state index contributed by atoms with van der Waals surface area (Å²) in [5.74, 6) is 0.520. The zero-order chi connectivity index (χ0) is 12.6. The van der Waals surface area contributed by atoms with Crippen LogP contribution in [0.15, 0.2) is 0 Å². The summed E-state index contributed by atoms with van der Waals surface area (Å²) in [6.07, 6.45) is 0.499. The van der Waals surface area contributed by atoms with Crippen molar-refractivity contribution in [3.8, 4) is 0 Å². The summed E-state index contributed by atoms with van der Waals surface area (Å²) in [6, 6.07) is 0. The number of carboxylic acid groups (broad SMARTS) is 1. The number of rotatable bonds is 8. The molecule has 0 saturated heterocycles. The Morgan fingerprint density at radius 2 is 2.00 bits per heavy atom.